The fourth-order valence-corrected chi connectivity index (χ4v) is 3.68. The Morgan fingerprint density at radius 1 is 1.23 bits per heavy atom. The molecule has 5 nitrogen and oxygen atoms in total. The Morgan fingerprint density at radius 3 is 2.77 bits per heavy atom. The van der Waals surface area contributed by atoms with Gasteiger partial charge in [0.2, 0.25) is 5.88 Å². The molecule has 1 aromatic carbocycles. The maximum atomic E-state index is 10.7. The van der Waals surface area contributed by atoms with Crippen LogP contribution in [0.5, 0.6) is 5.88 Å². The van der Waals surface area contributed by atoms with Crippen molar-refractivity contribution in [1.82, 2.24) is 19.7 Å². The Balaban J connectivity index is 1.54. The van der Waals surface area contributed by atoms with Crippen LogP contribution in [0.3, 0.4) is 0 Å². The lowest BCUT2D eigenvalue weighted by atomic mass is 9.92. The minimum Gasteiger partial charge on any atom is -0.493 e. The van der Waals surface area contributed by atoms with Crippen LogP contribution >= 0.6 is 11.6 Å². The van der Waals surface area contributed by atoms with Crippen molar-refractivity contribution in [2.75, 3.05) is 7.05 Å². The number of aryl methyl sites for hydroxylation is 1. The standard InChI is InChI=1S/C20H21ClN4O/c1-24(13-14-5-3-2-4-6-14)16-8-9-18-17(11-16)20(26)25(23-18)19-10-7-15(21)12-22-19/h2-7,10,12,16,26H,8-9,11,13H2,1H3. The van der Waals surface area contributed by atoms with E-state index in [1.165, 1.54) is 10.2 Å². The fraction of sp³-hybridized carbons (Fsp3) is 0.300. The average molecular weight is 369 g/mol. The van der Waals surface area contributed by atoms with Crippen molar-refractivity contribution >= 4 is 11.6 Å². The first kappa shape index (κ1) is 17.1. The number of fused-ring (bicyclic) bond motifs is 1. The summed E-state index contributed by atoms with van der Waals surface area (Å²) in [5.41, 5.74) is 3.19. The van der Waals surface area contributed by atoms with E-state index < -0.39 is 0 Å². The molecule has 134 valence electrons. The number of rotatable bonds is 4. The summed E-state index contributed by atoms with van der Waals surface area (Å²) in [6.45, 7) is 0.897. The highest BCUT2D eigenvalue weighted by atomic mass is 35.5. The molecule has 1 unspecified atom stereocenters. The van der Waals surface area contributed by atoms with Crippen molar-refractivity contribution in [1.29, 1.82) is 0 Å². The minimum atomic E-state index is 0.188. The molecule has 26 heavy (non-hydrogen) atoms. The largest absolute Gasteiger partial charge is 0.493 e. The zero-order valence-electron chi connectivity index (χ0n) is 14.6. The van der Waals surface area contributed by atoms with Crippen LogP contribution in [0.15, 0.2) is 48.7 Å². The Labute approximate surface area is 157 Å². The summed E-state index contributed by atoms with van der Waals surface area (Å²) in [5.74, 6) is 0.767. The van der Waals surface area contributed by atoms with Gasteiger partial charge >= 0.3 is 0 Å². The molecular weight excluding hydrogens is 348 g/mol. The van der Waals surface area contributed by atoms with E-state index in [4.69, 9.17) is 11.6 Å². The number of benzene rings is 1. The molecule has 4 rings (SSSR count). The van der Waals surface area contributed by atoms with Crippen molar-refractivity contribution in [3.63, 3.8) is 0 Å². The topological polar surface area (TPSA) is 54.2 Å². The van der Waals surface area contributed by atoms with Crippen LogP contribution in [-0.4, -0.2) is 37.9 Å². The number of halogens is 1. The lowest BCUT2D eigenvalue weighted by Crippen LogP contribution is -2.35. The molecule has 1 atom stereocenters. The van der Waals surface area contributed by atoms with E-state index in [1.54, 1.807) is 18.3 Å². The van der Waals surface area contributed by atoms with Gasteiger partial charge in [-0.05, 0) is 44.0 Å². The van der Waals surface area contributed by atoms with E-state index >= 15 is 0 Å². The summed E-state index contributed by atoms with van der Waals surface area (Å²) in [4.78, 5) is 6.62. The van der Waals surface area contributed by atoms with Gasteiger partial charge in [-0.25, -0.2) is 4.98 Å². The van der Waals surface area contributed by atoms with E-state index in [0.29, 0.717) is 16.9 Å². The van der Waals surface area contributed by atoms with Crippen molar-refractivity contribution in [3.05, 3.63) is 70.5 Å². The molecule has 0 amide bonds. The first-order chi connectivity index (χ1) is 12.6. The van der Waals surface area contributed by atoms with Gasteiger partial charge in [0.1, 0.15) is 0 Å². The molecule has 6 heteroatoms. The number of likely N-dealkylation sites (N-methyl/N-ethyl adjacent to an activating group) is 1. The molecule has 0 radical (unpaired) electrons. The van der Waals surface area contributed by atoms with Crippen LogP contribution in [-0.2, 0) is 19.4 Å². The van der Waals surface area contributed by atoms with Crippen LogP contribution in [0, 0.1) is 0 Å². The summed E-state index contributed by atoms with van der Waals surface area (Å²) in [6, 6.07) is 14.4. The second kappa shape index (κ2) is 7.09. The van der Waals surface area contributed by atoms with E-state index in [-0.39, 0.29) is 5.88 Å². The molecule has 1 aliphatic carbocycles. The summed E-state index contributed by atoms with van der Waals surface area (Å²) < 4.78 is 1.51. The number of hydrogen-bond donors (Lipinski definition) is 1. The number of hydrogen-bond acceptors (Lipinski definition) is 4. The third-order valence-corrected chi connectivity index (χ3v) is 5.24. The zero-order chi connectivity index (χ0) is 18.1. The smallest absolute Gasteiger partial charge is 0.219 e. The van der Waals surface area contributed by atoms with Crippen LogP contribution in [0.25, 0.3) is 5.82 Å². The van der Waals surface area contributed by atoms with Gasteiger partial charge in [-0.1, -0.05) is 41.9 Å². The summed E-state index contributed by atoms with van der Waals surface area (Å²) in [6.07, 6.45) is 4.24. The number of nitrogens with zero attached hydrogens (tertiary/aromatic N) is 4. The predicted octanol–water partition coefficient (Wildman–Crippen LogP) is 3.62. The molecule has 0 saturated carbocycles. The first-order valence-corrected chi connectivity index (χ1v) is 9.15. The van der Waals surface area contributed by atoms with Crippen molar-refractivity contribution in [2.45, 2.75) is 31.8 Å². The van der Waals surface area contributed by atoms with Gasteiger partial charge < -0.3 is 5.11 Å². The second-order valence-electron chi connectivity index (χ2n) is 6.79. The van der Waals surface area contributed by atoms with Crippen molar-refractivity contribution in [2.24, 2.45) is 0 Å². The van der Waals surface area contributed by atoms with Crippen molar-refractivity contribution in [3.8, 4) is 11.7 Å². The van der Waals surface area contributed by atoms with Gasteiger partial charge in [0.25, 0.3) is 0 Å². The molecule has 0 saturated heterocycles. The SMILES string of the molecule is CN(Cc1ccccc1)C1CCc2nn(-c3ccc(Cl)cn3)c(O)c2C1. The molecule has 0 bridgehead atoms. The van der Waals surface area contributed by atoms with Gasteiger partial charge in [0.05, 0.1) is 10.7 Å². The van der Waals surface area contributed by atoms with Gasteiger partial charge in [0.15, 0.2) is 5.82 Å². The normalized spacial score (nSPS) is 16.7. The van der Waals surface area contributed by atoms with Gasteiger partial charge in [0, 0.05) is 24.3 Å². The van der Waals surface area contributed by atoms with Gasteiger partial charge in [-0.2, -0.15) is 9.78 Å². The minimum absolute atomic E-state index is 0.188. The van der Waals surface area contributed by atoms with Crippen LogP contribution in [0.1, 0.15) is 23.2 Å². The fourth-order valence-electron chi connectivity index (χ4n) is 3.57. The Morgan fingerprint density at radius 2 is 2.04 bits per heavy atom. The van der Waals surface area contributed by atoms with E-state index in [9.17, 15) is 5.11 Å². The third kappa shape index (κ3) is 3.32. The molecule has 0 aliphatic heterocycles. The van der Waals surface area contributed by atoms with E-state index in [1.807, 2.05) is 6.07 Å². The quantitative estimate of drug-likeness (QED) is 0.764. The Kier molecular flexibility index (Phi) is 4.66. The predicted molar refractivity (Wildman–Crippen MR) is 102 cm³/mol. The van der Waals surface area contributed by atoms with Gasteiger partial charge in [-0.15, -0.1) is 0 Å². The molecular formula is C20H21ClN4O. The lowest BCUT2D eigenvalue weighted by molar-refractivity contribution is 0.212. The maximum Gasteiger partial charge on any atom is 0.219 e. The molecule has 2 heterocycles. The molecule has 1 N–H and O–H groups in total. The van der Waals surface area contributed by atoms with Crippen LogP contribution in [0.4, 0.5) is 0 Å². The molecule has 1 aliphatic rings. The van der Waals surface area contributed by atoms with Gasteiger partial charge in [-0.3, -0.25) is 4.90 Å². The monoisotopic (exact) mass is 368 g/mol. The maximum absolute atomic E-state index is 10.7. The highest BCUT2D eigenvalue weighted by molar-refractivity contribution is 6.30. The van der Waals surface area contributed by atoms with E-state index in [0.717, 1.165) is 37.1 Å². The summed E-state index contributed by atoms with van der Waals surface area (Å²) >= 11 is 5.90. The molecule has 0 fully saturated rings. The summed E-state index contributed by atoms with van der Waals surface area (Å²) in [7, 11) is 2.14. The molecule has 2 aromatic heterocycles. The highest BCUT2D eigenvalue weighted by Gasteiger charge is 2.28. The van der Waals surface area contributed by atoms with Crippen molar-refractivity contribution < 1.29 is 5.11 Å². The lowest BCUT2D eigenvalue weighted by Gasteiger charge is -2.30. The number of aromatic hydroxyl groups is 1. The Hall–Kier alpha value is -2.37. The Bertz CT molecular complexity index is 892. The number of aromatic nitrogens is 3. The molecule has 0 spiro atoms. The van der Waals surface area contributed by atoms with E-state index in [2.05, 4.69) is 46.3 Å². The number of pyridine rings is 1. The van der Waals surface area contributed by atoms with Crippen LogP contribution < -0.4 is 0 Å². The average Bonchev–Trinajstić information content (AvgIpc) is 2.99. The zero-order valence-corrected chi connectivity index (χ0v) is 15.4. The molecule has 3 aromatic rings. The second-order valence-corrected chi connectivity index (χ2v) is 7.23. The highest BCUT2D eigenvalue weighted by Crippen LogP contribution is 2.32. The third-order valence-electron chi connectivity index (χ3n) is 5.02. The first-order valence-electron chi connectivity index (χ1n) is 8.77. The summed E-state index contributed by atoms with van der Waals surface area (Å²) in [5, 5.41) is 15.8. The van der Waals surface area contributed by atoms with Crippen LogP contribution in [0.2, 0.25) is 5.02 Å².